The van der Waals surface area contributed by atoms with Gasteiger partial charge in [0.2, 0.25) is 0 Å². The third-order valence-electron chi connectivity index (χ3n) is 1.16. The second-order valence-electron chi connectivity index (χ2n) is 3.20. The van der Waals surface area contributed by atoms with Crippen LogP contribution in [0, 0.1) is 0 Å². The normalized spacial score (nSPS) is 11.9. The maximum Gasteiger partial charge on any atom is 0.269 e. The smallest absolute Gasteiger partial charge is 0.269 e. The van der Waals surface area contributed by atoms with Crippen LogP contribution in [-0.4, -0.2) is 28.1 Å². The number of rotatable bonds is 0. The first-order chi connectivity index (χ1) is 4.52. The number of nitrogens with zero attached hydrogens (tertiary/aromatic N) is 4. The van der Waals surface area contributed by atoms with Crippen LogP contribution in [-0.2, 0) is 5.41 Å². The minimum Gasteiger partial charge on any atom is -0.291 e. The van der Waals surface area contributed by atoms with Gasteiger partial charge < -0.3 is 0 Å². The standard InChI is InChI=1S/C5H9BN4/c1-5(2,3)4-7-8-9-10(4)6/h1-3H3. The van der Waals surface area contributed by atoms with E-state index in [9.17, 15) is 0 Å². The van der Waals surface area contributed by atoms with Crippen LogP contribution < -0.4 is 0 Å². The average Bonchev–Trinajstić information content (AvgIpc) is 2.11. The van der Waals surface area contributed by atoms with Gasteiger partial charge in [0.1, 0.15) is 5.82 Å². The van der Waals surface area contributed by atoms with Gasteiger partial charge in [-0.2, -0.15) is 0 Å². The fraction of sp³-hybridized carbons (Fsp3) is 0.800. The van der Waals surface area contributed by atoms with Crippen LogP contribution >= 0.6 is 0 Å². The molecule has 1 rings (SSSR count). The molecule has 0 saturated carbocycles. The lowest BCUT2D eigenvalue weighted by molar-refractivity contribution is 0.537. The summed E-state index contributed by atoms with van der Waals surface area (Å²) >= 11 is 0. The quantitative estimate of drug-likeness (QED) is 0.468. The first-order valence-corrected chi connectivity index (χ1v) is 3.06. The molecule has 0 aliphatic carbocycles. The molecular formula is C5H9BN4. The Morgan fingerprint density at radius 1 is 1.40 bits per heavy atom. The van der Waals surface area contributed by atoms with E-state index < -0.39 is 0 Å². The fourth-order valence-electron chi connectivity index (χ4n) is 0.687. The van der Waals surface area contributed by atoms with Gasteiger partial charge in [0.15, 0.2) is 0 Å². The summed E-state index contributed by atoms with van der Waals surface area (Å²) in [4.78, 5) is 0. The Hall–Kier alpha value is -0.865. The topological polar surface area (TPSA) is 43.6 Å². The monoisotopic (exact) mass is 136 g/mol. The van der Waals surface area contributed by atoms with E-state index in [4.69, 9.17) is 7.98 Å². The van der Waals surface area contributed by atoms with Crippen LogP contribution in [0.15, 0.2) is 0 Å². The summed E-state index contributed by atoms with van der Waals surface area (Å²) in [5.74, 6) is 0.688. The minimum absolute atomic E-state index is 0.0851. The molecule has 10 heavy (non-hydrogen) atoms. The van der Waals surface area contributed by atoms with Gasteiger partial charge >= 0.3 is 0 Å². The third-order valence-corrected chi connectivity index (χ3v) is 1.16. The Labute approximate surface area is 61.0 Å². The summed E-state index contributed by atoms with van der Waals surface area (Å²) in [6.07, 6.45) is 0. The summed E-state index contributed by atoms with van der Waals surface area (Å²) in [6, 6.07) is 0. The highest BCUT2D eigenvalue weighted by molar-refractivity contribution is 6.06. The second kappa shape index (κ2) is 2.07. The van der Waals surface area contributed by atoms with Gasteiger partial charge in [0.05, 0.1) is 0 Å². The molecule has 1 aromatic heterocycles. The molecule has 0 aliphatic rings. The van der Waals surface area contributed by atoms with Gasteiger partial charge in [-0.25, -0.2) is 0 Å². The van der Waals surface area contributed by atoms with E-state index in [0.29, 0.717) is 5.82 Å². The molecule has 1 aromatic rings. The highest BCUT2D eigenvalue weighted by atomic mass is 15.5. The Kier molecular flexibility index (Phi) is 1.50. The van der Waals surface area contributed by atoms with Crippen LogP contribution in [0.4, 0.5) is 0 Å². The lowest BCUT2D eigenvalue weighted by Crippen LogP contribution is -2.18. The molecular weight excluding hydrogens is 127 g/mol. The van der Waals surface area contributed by atoms with E-state index in [1.807, 2.05) is 20.8 Å². The molecule has 0 spiro atoms. The van der Waals surface area contributed by atoms with Crippen molar-refractivity contribution in [2.75, 3.05) is 0 Å². The molecule has 0 N–H and O–H groups in total. The summed E-state index contributed by atoms with van der Waals surface area (Å²) < 4.78 is 1.19. The summed E-state index contributed by atoms with van der Waals surface area (Å²) in [5.41, 5.74) is -0.0851. The zero-order valence-corrected chi connectivity index (χ0v) is 6.37. The molecule has 4 nitrogen and oxygen atoms in total. The van der Waals surface area contributed by atoms with Crippen molar-refractivity contribution in [2.45, 2.75) is 26.2 Å². The van der Waals surface area contributed by atoms with Gasteiger partial charge in [-0.05, 0) is 5.21 Å². The molecule has 0 aromatic carbocycles. The van der Waals surface area contributed by atoms with E-state index in [1.54, 1.807) is 0 Å². The van der Waals surface area contributed by atoms with Crippen LogP contribution in [0.2, 0.25) is 0 Å². The fourth-order valence-corrected chi connectivity index (χ4v) is 0.687. The first kappa shape index (κ1) is 7.24. The van der Waals surface area contributed by atoms with E-state index >= 15 is 0 Å². The lowest BCUT2D eigenvalue weighted by atomic mass is 9.95. The molecule has 52 valence electrons. The first-order valence-electron chi connectivity index (χ1n) is 3.06. The van der Waals surface area contributed by atoms with Crippen molar-refractivity contribution in [1.29, 1.82) is 0 Å². The Morgan fingerprint density at radius 3 is 2.20 bits per heavy atom. The Morgan fingerprint density at radius 2 is 2.00 bits per heavy atom. The maximum absolute atomic E-state index is 5.41. The molecule has 0 saturated heterocycles. The molecule has 0 bridgehead atoms. The van der Waals surface area contributed by atoms with Gasteiger partial charge in [-0.15, -0.1) is 5.10 Å². The zero-order valence-electron chi connectivity index (χ0n) is 6.37. The van der Waals surface area contributed by atoms with Gasteiger partial charge in [-0.1, -0.05) is 26.0 Å². The lowest BCUT2D eigenvalue weighted by Gasteiger charge is -2.14. The summed E-state index contributed by atoms with van der Waals surface area (Å²) in [7, 11) is 5.41. The third kappa shape index (κ3) is 1.17. The maximum atomic E-state index is 5.41. The number of hydrogen-bond acceptors (Lipinski definition) is 3. The molecule has 0 atom stereocenters. The average molecular weight is 136 g/mol. The molecule has 2 radical (unpaired) electrons. The molecule has 0 aliphatic heterocycles. The van der Waals surface area contributed by atoms with Gasteiger partial charge in [-0.3, -0.25) is 4.59 Å². The molecule has 1 heterocycles. The summed E-state index contributed by atoms with van der Waals surface area (Å²) in [5, 5.41) is 10.7. The van der Waals surface area contributed by atoms with Crippen molar-refractivity contribution in [3.63, 3.8) is 0 Å². The van der Waals surface area contributed by atoms with Crippen LogP contribution in [0.3, 0.4) is 0 Å². The van der Waals surface area contributed by atoms with Crippen LogP contribution in [0.5, 0.6) is 0 Å². The molecule has 0 fully saturated rings. The Bertz CT molecular complexity index is 224. The van der Waals surface area contributed by atoms with E-state index in [1.165, 1.54) is 4.59 Å². The molecule has 5 heteroatoms. The second-order valence-corrected chi connectivity index (χ2v) is 3.20. The van der Waals surface area contributed by atoms with Crippen LogP contribution in [0.25, 0.3) is 0 Å². The number of tetrazole rings is 1. The Balaban J connectivity index is 3.05. The van der Waals surface area contributed by atoms with Crippen molar-refractivity contribution in [1.82, 2.24) is 20.1 Å². The van der Waals surface area contributed by atoms with Crippen molar-refractivity contribution in [3.05, 3.63) is 5.82 Å². The van der Waals surface area contributed by atoms with E-state index in [-0.39, 0.29) is 5.41 Å². The van der Waals surface area contributed by atoms with Gasteiger partial charge in [0, 0.05) is 5.41 Å². The largest absolute Gasteiger partial charge is 0.291 e. The van der Waals surface area contributed by atoms with Crippen molar-refractivity contribution in [3.8, 4) is 0 Å². The van der Waals surface area contributed by atoms with Crippen molar-refractivity contribution >= 4 is 7.98 Å². The molecule has 0 amide bonds. The van der Waals surface area contributed by atoms with E-state index in [2.05, 4.69) is 15.5 Å². The zero-order chi connectivity index (χ0) is 7.78. The highest BCUT2D eigenvalue weighted by Gasteiger charge is 2.19. The van der Waals surface area contributed by atoms with Crippen LogP contribution in [0.1, 0.15) is 26.6 Å². The van der Waals surface area contributed by atoms with Crippen molar-refractivity contribution in [2.24, 2.45) is 0 Å². The summed E-state index contributed by atoms with van der Waals surface area (Å²) in [6.45, 7) is 6.01. The predicted molar refractivity (Wildman–Crippen MR) is 37.7 cm³/mol. The van der Waals surface area contributed by atoms with Crippen molar-refractivity contribution < 1.29 is 0 Å². The SMILES string of the molecule is [B]n1nnnc1C(C)(C)C. The minimum atomic E-state index is -0.0851. The molecule has 0 unspecified atom stereocenters. The highest BCUT2D eigenvalue weighted by Crippen LogP contribution is 2.16. The number of hydrogen-bond donors (Lipinski definition) is 0. The van der Waals surface area contributed by atoms with E-state index in [0.717, 1.165) is 0 Å². The van der Waals surface area contributed by atoms with Gasteiger partial charge in [0.25, 0.3) is 7.98 Å². The number of aromatic nitrogens is 4. The predicted octanol–water partition coefficient (Wildman–Crippen LogP) is -0.0978.